The molecular weight excluding hydrogens is 312 g/mol. The molecule has 1 fully saturated rings. The van der Waals surface area contributed by atoms with Crippen LogP contribution in [0.4, 0.5) is 0 Å². The van der Waals surface area contributed by atoms with Crippen LogP contribution in [0.3, 0.4) is 0 Å². The molecule has 1 saturated heterocycles. The fraction of sp³-hybridized carbons (Fsp3) is 0.529. The highest BCUT2D eigenvalue weighted by molar-refractivity contribution is 5.89. The van der Waals surface area contributed by atoms with Crippen molar-refractivity contribution in [1.82, 2.24) is 10.2 Å². The highest BCUT2D eigenvalue weighted by Gasteiger charge is 2.33. The molecule has 0 aliphatic carbocycles. The van der Waals surface area contributed by atoms with Crippen molar-refractivity contribution >= 4 is 11.8 Å². The third kappa shape index (κ3) is 4.38. The van der Waals surface area contributed by atoms with Crippen LogP contribution in [0.15, 0.2) is 18.2 Å². The van der Waals surface area contributed by atoms with E-state index in [0.717, 1.165) is 5.56 Å². The molecule has 0 unspecified atom stereocenters. The Morgan fingerprint density at radius 2 is 2.00 bits per heavy atom. The van der Waals surface area contributed by atoms with Gasteiger partial charge in [0.2, 0.25) is 11.8 Å². The van der Waals surface area contributed by atoms with E-state index in [2.05, 4.69) is 5.32 Å². The Morgan fingerprint density at radius 1 is 1.25 bits per heavy atom. The second kappa shape index (κ2) is 8.54. The Hall–Kier alpha value is -2.28. The molecule has 0 saturated carbocycles. The first-order chi connectivity index (χ1) is 11.6. The summed E-state index contributed by atoms with van der Waals surface area (Å²) in [6.07, 6.45) is 0.251. The maximum Gasteiger partial charge on any atom is 0.225 e. The van der Waals surface area contributed by atoms with E-state index in [1.165, 1.54) is 0 Å². The van der Waals surface area contributed by atoms with E-state index in [0.29, 0.717) is 37.7 Å². The highest BCUT2D eigenvalue weighted by Crippen LogP contribution is 2.27. The molecule has 2 amide bonds. The lowest BCUT2D eigenvalue weighted by atomic mass is 10.1. The lowest BCUT2D eigenvalue weighted by Crippen LogP contribution is -2.33. The van der Waals surface area contributed by atoms with Gasteiger partial charge < -0.3 is 24.4 Å². The molecule has 7 heteroatoms. The zero-order valence-corrected chi connectivity index (χ0v) is 14.3. The molecule has 1 heterocycles. The minimum Gasteiger partial charge on any atom is -0.493 e. The van der Waals surface area contributed by atoms with E-state index in [4.69, 9.17) is 14.2 Å². The first-order valence-corrected chi connectivity index (χ1v) is 7.84. The SMILES string of the molecule is COCCN1C[C@@H](C(=O)NCc2ccc(OC)c(OC)c2)CC1=O. The smallest absolute Gasteiger partial charge is 0.225 e. The number of hydrogen-bond donors (Lipinski definition) is 1. The van der Waals surface area contributed by atoms with Gasteiger partial charge in [0.05, 0.1) is 26.7 Å². The summed E-state index contributed by atoms with van der Waals surface area (Å²) in [6.45, 7) is 1.82. The lowest BCUT2D eigenvalue weighted by Gasteiger charge is -2.16. The number of nitrogens with zero attached hydrogens (tertiary/aromatic N) is 1. The molecule has 0 bridgehead atoms. The topological polar surface area (TPSA) is 77.1 Å². The second-order valence-corrected chi connectivity index (χ2v) is 5.64. The number of hydrogen-bond acceptors (Lipinski definition) is 5. The van der Waals surface area contributed by atoms with Crippen LogP contribution in [0.1, 0.15) is 12.0 Å². The van der Waals surface area contributed by atoms with Gasteiger partial charge in [-0.1, -0.05) is 6.07 Å². The summed E-state index contributed by atoms with van der Waals surface area (Å²) >= 11 is 0. The van der Waals surface area contributed by atoms with Crippen molar-refractivity contribution in [3.8, 4) is 11.5 Å². The first-order valence-electron chi connectivity index (χ1n) is 7.84. The van der Waals surface area contributed by atoms with Gasteiger partial charge in [0.25, 0.3) is 0 Å². The summed E-state index contributed by atoms with van der Waals surface area (Å²) in [5.74, 6) is 0.833. The maximum absolute atomic E-state index is 12.3. The van der Waals surface area contributed by atoms with Crippen molar-refractivity contribution in [3.05, 3.63) is 23.8 Å². The summed E-state index contributed by atoms with van der Waals surface area (Å²) in [5, 5.41) is 2.88. The van der Waals surface area contributed by atoms with E-state index in [1.807, 2.05) is 12.1 Å². The Morgan fingerprint density at radius 3 is 2.67 bits per heavy atom. The minimum atomic E-state index is -0.311. The van der Waals surface area contributed by atoms with Crippen molar-refractivity contribution in [2.24, 2.45) is 5.92 Å². The number of likely N-dealkylation sites (tertiary alicyclic amines) is 1. The van der Waals surface area contributed by atoms with Crippen LogP contribution in [-0.4, -0.2) is 57.7 Å². The number of ether oxygens (including phenoxy) is 3. The van der Waals surface area contributed by atoms with Crippen molar-refractivity contribution in [2.45, 2.75) is 13.0 Å². The third-order valence-corrected chi connectivity index (χ3v) is 4.07. The van der Waals surface area contributed by atoms with E-state index in [1.54, 1.807) is 32.3 Å². The second-order valence-electron chi connectivity index (χ2n) is 5.64. The molecule has 0 radical (unpaired) electrons. The van der Waals surface area contributed by atoms with Gasteiger partial charge in [-0.3, -0.25) is 9.59 Å². The fourth-order valence-corrected chi connectivity index (χ4v) is 2.69. The van der Waals surface area contributed by atoms with Gasteiger partial charge in [0.1, 0.15) is 0 Å². The number of nitrogens with one attached hydrogen (secondary N) is 1. The quantitative estimate of drug-likeness (QED) is 0.760. The predicted molar refractivity (Wildman–Crippen MR) is 88.0 cm³/mol. The molecule has 1 atom stereocenters. The predicted octanol–water partition coefficient (Wildman–Crippen LogP) is 0.815. The number of amides is 2. The average Bonchev–Trinajstić information content (AvgIpc) is 2.98. The van der Waals surface area contributed by atoms with Gasteiger partial charge in [-0.15, -0.1) is 0 Å². The highest BCUT2D eigenvalue weighted by atomic mass is 16.5. The molecule has 1 aromatic rings. The summed E-state index contributed by atoms with van der Waals surface area (Å²) in [6, 6.07) is 5.49. The van der Waals surface area contributed by atoms with Crippen molar-refractivity contribution in [3.63, 3.8) is 0 Å². The Kier molecular flexibility index (Phi) is 6.43. The van der Waals surface area contributed by atoms with Gasteiger partial charge in [-0.25, -0.2) is 0 Å². The van der Waals surface area contributed by atoms with Gasteiger partial charge in [0, 0.05) is 33.2 Å². The van der Waals surface area contributed by atoms with E-state index in [-0.39, 0.29) is 24.2 Å². The minimum absolute atomic E-state index is 0.00156. The van der Waals surface area contributed by atoms with Crippen LogP contribution in [0.5, 0.6) is 11.5 Å². The number of carbonyl (C=O) groups is 2. The van der Waals surface area contributed by atoms with Crippen LogP contribution < -0.4 is 14.8 Å². The summed E-state index contributed by atoms with van der Waals surface area (Å²) in [4.78, 5) is 25.8. The van der Waals surface area contributed by atoms with Gasteiger partial charge >= 0.3 is 0 Å². The van der Waals surface area contributed by atoms with Gasteiger partial charge in [0.15, 0.2) is 11.5 Å². The first kappa shape index (κ1) is 18.1. The van der Waals surface area contributed by atoms with Crippen LogP contribution in [0.25, 0.3) is 0 Å². The van der Waals surface area contributed by atoms with Crippen molar-refractivity contribution in [1.29, 1.82) is 0 Å². The maximum atomic E-state index is 12.3. The van der Waals surface area contributed by atoms with Gasteiger partial charge in [-0.2, -0.15) is 0 Å². The zero-order valence-electron chi connectivity index (χ0n) is 14.3. The van der Waals surface area contributed by atoms with Crippen LogP contribution >= 0.6 is 0 Å². The molecule has 1 aromatic carbocycles. The molecule has 2 rings (SSSR count). The molecule has 7 nitrogen and oxygen atoms in total. The molecule has 1 aliphatic rings. The largest absolute Gasteiger partial charge is 0.493 e. The summed E-state index contributed by atoms with van der Waals surface area (Å²) < 4.78 is 15.4. The van der Waals surface area contributed by atoms with E-state index < -0.39 is 0 Å². The third-order valence-electron chi connectivity index (χ3n) is 4.07. The number of benzene rings is 1. The standard InChI is InChI=1S/C17H24N2O5/c1-22-7-6-19-11-13(9-16(19)20)17(21)18-10-12-4-5-14(23-2)15(8-12)24-3/h4-5,8,13H,6-7,9-11H2,1-3H3,(H,18,21)/t13-/m0/s1. The van der Waals surface area contributed by atoms with Gasteiger partial charge in [-0.05, 0) is 17.7 Å². The molecular formula is C17H24N2O5. The number of carbonyl (C=O) groups excluding carboxylic acids is 2. The average molecular weight is 336 g/mol. The monoisotopic (exact) mass is 336 g/mol. The number of methoxy groups -OCH3 is 3. The molecule has 1 N–H and O–H groups in total. The summed E-state index contributed by atoms with van der Waals surface area (Å²) in [7, 11) is 4.73. The van der Waals surface area contributed by atoms with Crippen LogP contribution in [0, 0.1) is 5.92 Å². The van der Waals surface area contributed by atoms with E-state index >= 15 is 0 Å². The molecule has 1 aliphatic heterocycles. The Bertz CT molecular complexity index is 590. The van der Waals surface area contributed by atoms with Crippen molar-refractivity contribution in [2.75, 3.05) is 41.0 Å². The number of rotatable bonds is 8. The molecule has 0 spiro atoms. The van der Waals surface area contributed by atoms with E-state index in [9.17, 15) is 9.59 Å². The zero-order chi connectivity index (χ0) is 17.5. The lowest BCUT2D eigenvalue weighted by molar-refractivity contribution is -0.129. The molecule has 24 heavy (non-hydrogen) atoms. The Labute approximate surface area is 141 Å². The van der Waals surface area contributed by atoms with Crippen LogP contribution in [0.2, 0.25) is 0 Å². The molecule has 0 aromatic heterocycles. The van der Waals surface area contributed by atoms with Crippen LogP contribution in [-0.2, 0) is 20.9 Å². The normalized spacial score (nSPS) is 17.0. The molecule has 132 valence electrons. The van der Waals surface area contributed by atoms with Crippen molar-refractivity contribution < 1.29 is 23.8 Å². The fourth-order valence-electron chi connectivity index (χ4n) is 2.69. The Balaban J connectivity index is 1.88. The summed E-state index contributed by atoms with van der Waals surface area (Å²) in [5.41, 5.74) is 0.904.